The summed E-state index contributed by atoms with van der Waals surface area (Å²) in [5.74, 6) is 1.17. The van der Waals surface area contributed by atoms with E-state index in [1.807, 2.05) is 37.3 Å². The molecule has 0 radical (unpaired) electrons. The van der Waals surface area contributed by atoms with Gasteiger partial charge in [0, 0.05) is 42.1 Å². The van der Waals surface area contributed by atoms with Crippen LogP contribution in [0.1, 0.15) is 84.6 Å². The Labute approximate surface area is 266 Å². The topological polar surface area (TPSA) is 67.9 Å². The number of nitrogens with zero attached hydrogens (tertiary/aromatic N) is 1. The number of nitrogens with one attached hydrogen (secondary N) is 1. The second-order valence-corrected chi connectivity index (χ2v) is 13.6. The van der Waals surface area contributed by atoms with Crippen LogP contribution < -0.4 is 19.7 Å². The van der Waals surface area contributed by atoms with Crippen molar-refractivity contribution < 1.29 is 19.1 Å². The van der Waals surface area contributed by atoms with E-state index in [4.69, 9.17) is 9.47 Å². The molecule has 4 aromatic carbocycles. The highest BCUT2D eigenvalue weighted by atomic mass is 16.5. The van der Waals surface area contributed by atoms with Crippen LogP contribution in [0, 0.1) is 6.92 Å². The van der Waals surface area contributed by atoms with Crippen molar-refractivity contribution in [2.75, 3.05) is 11.4 Å². The number of hydrogen-bond donors (Lipinski definition) is 1. The summed E-state index contributed by atoms with van der Waals surface area (Å²) >= 11 is 0. The van der Waals surface area contributed by atoms with Gasteiger partial charge in [0.15, 0.2) is 17.2 Å². The number of amides is 2. The van der Waals surface area contributed by atoms with Crippen LogP contribution in [0.2, 0.25) is 0 Å². The lowest BCUT2D eigenvalue weighted by Gasteiger charge is -2.50. The number of carbonyl (C=O) groups excluding carboxylic acids is 2. The minimum absolute atomic E-state index is 0.0189. The van der Waals surface area contributed by atoms with E-state index in [-0.39, 0.29) is 23.1 Å². The minimum atomic E-state index is -0.929. The molecule has 1 fully saturated rings. The number of carbonyl (C=O) groups is 2. The molecule has 2 atom stereocenters. The number of benzene rings is 4. The van der Waals surface area contributed by atoms with Gasteiger partial charge in [-0.1, -0.05) is 93.1 Å². The van der Waals surface area contributed by atoms with Crippen molar-refractivity contribution in [1.29, 1.82) is 0 Å². The van der Waals surface area contributed by atoms with Crippen LogP contribution in [0.25, 0.3) is 0 Å². The number of anilines is 1. The summed E-state index contributed by atoms with van der Waals surface area (Å²) in [4.78, 5) is 28.5. The Morgan fingerprint density at radius 2 is 1.69 bits per heavy atom. The SMILES string of the molecule is Cc1ccc(CCNC(=O)c2cccc(N3C(=O)CC4CC3(C)Oc3c(OCc5ccc(C(C)(C)C)cc5)cccc34)c2)cc1. The third-order valence-electron chi connectivity index (χ3n) is 8.94. The van der Waals surface area contributed by atoms with E-state index in [9.17, 15) is 9.59 Å². The van der Waals surface area contributed by atoms with Crippen LogP contribution >= 0.6 is 0 Å². The summed E-state index contributed by atoms with van der Waals surface area (Å²) in [6, 6.07) is 30.1. The van der Waals surface area contributed by atoms with Gasteiger partial charge in [-0.3, -0.25) is 14.5 Å². The van der Waals surface area contributed by atoms with Gasteiger partial charge in [0.2, 0.25) is 5.91 Å². The molecule has 45 heavy (non-hydrogen) atoms. The van der Waals surface area contributed by atoms with Crippen LogP contribution in [0.3, 0.4) is 0 Å². The normalized spacial score (nSPS) is 19.0. The lowest BCUT2D eigenvalue weighted by molar-refractivity contribution is -0.127. The molecular formula is C39H42N2O4. The predicted octanol–water partition coefficient (Wildman–Crippen LogP) is 7.86. The zero-order chi connectivity index (χ0) is 31.8. The molecule has 0 aromatic heterocycles. The molecule has 1 N–H and O–H groups in total. The summed E-state index contributed by atoms with van der Waals surface area (Å²) < 4.78 is 13.1. The first-order chi connectivity index (χ1) is 21.5. The summed E-state index contributed by atoms with van der Waals surface area (Å²) in [5, 5.41) is 3.02. The van der Waals surface area contributed by atoms with Crippen molar-refractivity contribution in [3.8, 4) is 11.5 Å². The Morgan fingerprint density at radius 1 is 0.978 bits per heavy atom. The first-order valence-electron chi connectivity index (χ1n) is 15.8. The quantitative estimate of drug-likeness (QED) is 0.223. The van der Waals surface area contributed by atoms with Crippen molar-refractivity contribution in [2.45, 2.75) is 77.5 Å². The first-order valence-corrected chi connectivity index (χ1v) is 15.8. The molecule has 2 unspecified atom stereocenters. The lowest BCUT2D eigenvalue weighted by atomic mass is 9.80. The third kappa shape index (κ3) is 6.46. The Balaban J connectivity index is 1.18. The standard InChI is InChI=1S/C39H42N2O4/c1-26-12-14-27(15-13-26)20-21-40-37(43)29-8-6-9-32(22-29)41-35(42)23-30-24-39(41,5)45-36-33(30)10-7-11-34(36)44-25-28-16-18-31(19-17-28)38(2,3)4/h6-19,22,30H,20-21,23-25H2,1-5H3,(H,40,43). The van der Waals surface area contributed by atoms with Gasteiger partial charge < -0.3 is 14.8 Å². The number of ether oxygens (including phenoxy) is 2. The molecule has 0 spiro atoms. The molecule has 2 aliphatic heterocycles. The molecule has 6 nitrogen and oxygen atoms in total. The van der Waals surface area contributed by atoms with Gasteiger partial charge in [-0.2, -0.15) is 0 Å². The summed E-state index contributed by atoms with van der Waals surface area (Å²) in [5.41, 5.74) is 6.06. The maximum atomic E-state index is 13.7. The van der Waals surface area contributed by atoms with Gasteiger partial charge in [-0.25, -0.2) is 0 Å². The molecule has 6 heteroatoms. The van der Waals surface area contributed by atoms with Crippen LogP contribution in [-0.4, -0.2) is 24.1 Å². The zero-order valence-corrected chi connectivity index (χ0v) is 26.9. The summed E-state index contributed by atoms with van der Waals surface area (Å²) in [7, 11) is 0. The molecule has 6 rings (SSSR count). The third-order valence-corrected chi connectivity index (χ3v) is 8.94. The van der Waals surface area contributed by atoms with E-state index < -0.39 is 5.72 Å². The predicted molar refractivity (Wildman–Crippen MR) is 178 cm³/mol. The zero-order valence-electron chi connectivity index (χ0n) is 26.9. The van der Waals surface area contributed by atoms with Gasteiger partial charge in [0.05, 0.1) is 0 Å². The molecule has 4 aromatic rings. The number of piperidine rings is 1. The molecule has 1 saturated heterocycles. The summed E-state index contributed by atoms with van der Waals surface area (Å²) in [6.07, 6.45) is 1.75. The lowest BCUT2D eigenvalue weighted by Crippen LogP contribution is -2.60. The molecule has 2 bridgehead atoms. The van der Waals surface area contributed by atoms with Gasteiger partial charge in [0.1, 0.15) is 6.61 Å². The maximum absolute atomic E-state index is 13.7. The monoisotopic (exact) mass is 602 g/mol. The molecule has 2 aliphatic rings. The van der Waals surface area contributed by atoms with Crippen molar-refractivity contribution in [1.82, 2.24) is 5.32 Å². The Bertz CT molecular complexity index is 1700. The number of hydrogen-bond acceptors (Lipinski definition) is 4. The van der Waals surface area contributed by atoms with E-state index in [2.05, 4.69) is 81.5 Å². The van der Waals surface area contributed by atoms with E-state index in [1.54, 1.807) is 17.0 Å². The van der Waals surface area contributed by atoms with E-state index in [0.717, 1.165) is 17.5 Å². The fourth-order valence-corrected chi connectivity index (χ4v) is 6.43. The number of rotatable bonds is 8. The second kappa shape index (κ2) is 12.1. The van der Waals surface area contributed by atoms with Crippen molar-refractivity contribution in [2.24, 2.45) is 0 Å². The number of fused-ring (bicyclic) bond motifs is 4. The van der Waals surface area contributed by atoms with Crippen LogP contribution in [-0.2, 0) is 23.2 Å². The highest BCUT2D eigenvalue weighted by molar-refractivity contribution is 5.99. The molecule has 0 aliphatic carbocycles. The average molecular weight is 603 g/mol. The van der Waals surface area contributed by atoms with Crippen molar-refractivity contribution in [3.05, 3.63) is 124 Å². The van der Waals surface area contributed by atoms with E-state index in [1.165, 1.54) is 16.7 Å². The van der Waals surface area contributed by atoms with Gasteiger partial charge in [-0.15, -0.1) is 0 Å². The number of aryl methyl sites for hydroxylation is 1. The maximum Gasteiger partial charge on any atom is 0.251 e. The van der Waals surface area contributed by atoms with Crippen LogP contribution in [0.4, 0.5) is 5.69 Å². The largest absolute Gasteiger partial charge is 0.485 e. The fraction of sp³-hybridized carbons (Fsp3) is 0.333. The number of para-hydroxylation sites is 1. The Hall–Kier alpha value is -4.58. The minimum Gasteiger partial charge on any atom is -0.485 e. The second-order valence-electron chi connectivity index (χ2n) is 13.6. The van der Waals surface area contributed by atoms with Crippen molar-refractivity contribution in [3.63, 3.8) is 0 Å². The highest BCUT2D eigenvalue weighted by Gasteiger charge is 2.50. The smallest absolute Gasteiger partial charge is 0.251 e. The fourth-order valence-electron chi connectivity index (χ4n) is 6.43. The first kappa shape index (κ1) is 30.4. The molecule has 2 amide bonds. The van der Waals surface area contributed by atoms with E-state index in [0.29, 0.717) is 48.7 Å². The highest BCUT2D eigenvalue weighted by Crippen LogP contribution is 2.52. The van der Waals surface area contributed by atoms with Crippen LogP contribution in [0.5, 0.6) is 11.5 Å². The molecule has 2 heterocycles. The molecular weight excluding hydrogens is 560 g/mol. The summed E-state index contributed by atoms with van der Waals surface area (Å²) in [6.45, 7) is 11.6. The van der Waals surface area contributed by atoms with E-state index >= 15 is 0 Å². The van der Waals surface area contributed by atoms with Crippen molar-refractivity contribution >= 4 is 17.5 Å². The van der Waals surface area contributed by atoms with Gasteiger partial charge in [0.25, 0.3) is 5.91 Å². The average Bonchev–Trinajstić information content (AvgIpc) is 3.00. The van der Waals surface area contributed by atoms with Gasteiger partial charge >= 0.3 is 0 Å². The van der Waals surface area contributed by atoms with Gasteiger partial charge in [-0.05, 0) is 66.6 Å². The molecule has 0 saturated carbocycles. The Morgan fingerprint density at radius 3 is 2.42 bits per heavy atom. The Kier molecular flexibility index (Phi) is 8.17. The molecule has 232 valence electrons. The van der Waals surface area contributed by atoms with Crippen LogP contribution in [0.15, 0.2) is 91.0 Å².